The molecule has 0 aliphatic heterocycles. The van der Waals surface area contributed by atoms with Gasteiger partial charge in [0.05, 0.1) is 6.61 Å². The van der Waals surface area contributed by atoms with Crippen LogP contribution in [0.4, 0.5) is 0 Å². The SMILES string of the molecule is CCO/C=C(\C#N)C(=O)O. The zero-order chi connectivity index (χ0) is 7.98. The van der Waals surface area contributed by atoms with Gasteiger partial charge >= 0.3 is 5.97 Å². The van der Waals surface area contributed by atoms with Crippen LogP contribution < -0.4 is 0 Å². The van der Waals surface area contributed by atoms with Gasteiger partial charge in [-0.15, -0.1) is 0 Å². The first-order valence-corrected chi connectivity index (χ1v) is 2.67. The number of carbonyl (C=O) groups is 1. The molecule has 0 aliphatic rings. The number of aliphatic carboxylic acids is 1. The van der Waals surface area contributed by atoms with E-state index in [0.717, 1.165) is 6.26 Å². The van der Waals surface area contributed by atoms with Crippen LogP contribution in [0.1, 0.15) is 6.92 Å². The summed E-state index contributed by atoms with van der Waals surface area (Å²) in [6.07, 6.45) is 0.933. The topological polar surface area (TPSA) is 70.3 Å². The highest BCUT2D eigenvalue weighted by Gasteiger charge is 2.04. The van der Waals surface area contributed by atoms with Crippen LogP contribution in [0, 0.1) is 11.3 Å². The Hall–Kier alpha value is -1.50. The lowest BCUT2D eigenvalue weighted by Gasteiger charge is -1.91. The second-order valence-electron chi connectivity index (χ2n) is 1.40. The number of carboxylic acids is 1. The van der Waals surface area contributed by atoms with Crippen LogP contribution in [0.15, 0.2) is 11.8 Å². The summed E-state index contributed by atoms with van der Waals surface area (Å²) in [5.41, 5.74) is -0.387. The van der Waals surface area contributed by atoms with Gasteiger partial charge in [0.25, 0.3) is 0 Å². The first kappa shape index (κ1) is 8.50. The van der Waals surface area contributed by atoms with Crippen molar-refractivity contribution < 1.29 is 14.6 Å². The van der Waals surface area contributed by atoms with Crippen molar-refractivity contribution in [3.05, 3.63) is 11.8 Å². The second kappa shape index (κ2) is 4.39. The molecule has 4 nitrogen and oxygen atoms in total. The molecule has 0 bridgehead atoms. The molecule has 0 aliphatic carbocycles. The van der Waals surface area contributed by atoms with E-state index in [1.165, 1.54) is 6.07 Å². The van der Waals surface area contributed by atoms with Crippen molar-refractivity contribution in [1.82, 2.24) is 0 Å². The fourth-order valence-corrected chi connectivity index (χ4v) is 0.291. The van der Waals surface area contributed by atoms with Gasteiger partial charge in [0, 0.05) is 0 Å². The summed E-state index contributed by atoms with van der Waals surface area (Å²) in [6, 6.07) is 1.47. The summed E-state index contributed by atoms with van der Waals surface area (Å²) in [7, 11) is 0. The molecule has 0 unspecified atom stereocenters. The molecule has 0 atom stereocenters. The number of hydrogen-bond donors (Lipinski definition) is 1. The Labute approximate surface area is 58.3 Å². The molecule has 0 aromatic heterocycles. The molecule has 0 heterocycles. The molecule has 0 saturated carbocycles. The van der Waals surface area contributed by atoms with Gasteiger partial charge in [-0.05, 0) is 6.92 Å². The van der Waals surface area contributed by atoms with E-state index in [1.807, 2.05) is 0 Å². The Bertz CT molecular complexity index is 190. The Kier molecular flexibility index (Phi) is 3.73. The molecule has 4 heteroatoms. The Morgan fingerprint density at radius 2 is 2.50 bits per heavy atom. The van der Waals surface area contributed by atoms with E-state index in [9.17, 15) is 4.79 Å². The van der Waals surface area contributed by atoms with Gasteiger partial charge in [0.15, 0.2) is 5.57 Å². The molecule has 0 aromatic rings. The maximum atomic E-state index is 10.1. The number of carboxylic acid groups (broad SMARTS) is 1. The molecular weight excluding hydrogens is 134 g/mol. The third-order valence-corrected chi connectivity index (χ3v) is 0.719. The zero-order valence-corrected chi connectivity index (χ0v) is 5.50. The Morgan fingerprint density at radius 1 is 1.90 bits per heavy atom. The Balaban J connectivity index is 4.09. The lowest BCUT2D eigenvalue weighted by molar-refractivity contribution is -0.132. The van der Waals surface area contributed by atoms with E-state index in [4.69, 9.17) is 10.4 Å². The zero-order valence-electron chi connectivity index (χ0n) is 5.50. The molecule has 0 radical (unpaired) electrons. The smallest absolute Gasteiger partial charge is 0.349 e. The molecular formula is C6H7NO3. The minimum atomic E-state index is -1.27. The lowest BCUT2D eigenvalue weighted by atomic mass is 10.3. The molecule has 0 rings (SSSR count). The number of hydrogen-bond acceptors (Lipinski definition) is 3. The van der Waals surface area contributed by atoms with E-state index in [-0.39, 0.29) is 5.57 Å². The maximum Gasteiger partial charge on any atom is 0.349 e. The molecule has 0 saturated heterocycles. The second-order valence-corrected chi connectivity index (χ2v) is 1.40. The summed E-state index contributed by atoms with van der Waals surface area (Å²) < 4.78 is 4.58. The first-order valence-electron chi connectivity index (χ1n) is 2.67. The summed E-state index contributed by atoms with van der Waals surface area (Å²) in [5, 5.41) is 16.4. The number of rotatable bonds is 3. The van der Waals surface area contributed by atoms with Crippen LogP contribution in [0.25, 0.3) is 0 Å². The fraction of sp³-hybridized carbons (Fsp3) is 0.333. The largest absolute Gasteiger partial charge is 0.500 e. The van der Waals surface area contributed by atoms with Gasteiger partial charge in [-0.25, -0.2) is 4.79 Å². The molecule has 0 aromatic carbocycles. The summed E-state index contributed by atoms with van der Waals surface area (Å²) in [5.74, 6) is -1.27. The predicted octanol–water partition coefficient (Wildman–Crippen LogP) is 0.515. The fourth-order valence-electron chi connectivity index (χ4n) is 0.291. The average molecular weight is 141 g/mol. The van der Waals surface area contributed by atoms with Gasteiger partial charge in [-0.1, -0.05) is 0 Å². The average Bonchev–Trinajstić information content (AvgIpc) is 1.89. The number of nitrogens with zero attached hydrogens (tertiary/aromatic N) is 1. The summed E-state index contributed by atoms with van der Waals surface area (Å²) in [4.78, 5) is 10.1. The molecule has 0 fully saturated rings. The van der Waals surface area contributed by atoms with Gasteiger partial charge in [-0.3, -0.25) is 0 Å². The predicted molar refractivity (Wildman–Crippen MR) is 33.0 cm³/mol. The van der Waals surface area contributed by atoms with Gasteiger partial charge < -0.3 is 9.84 Å². The van der Waals surface area contributed by atoms with Crippen LogP contribution in [0.5, 0.6) is 0 Å². The van der Waals surface area contributed by atoms with Gasteiger partial charge in [-0.2, -0.15) is 5.26 Å². The van der Waals surface area contributed by atoms with Crippen molar-refractivity contribution >= 4 is 5.97 Å². The monoisotopic (exact) mass is 141 g/mol. The highest BCUT2D eigenvalue weighted by Crippen LogP contribution is 1.91. The van der Waals surface area contributed by atoms with Crippen molar-refractivity contribution in [2.24, 2.45) is 0 Å². The third-order valence-electron chi connectivity index (χ3n) is 0.719. The van der Waals surface area contributed by atoms with Crippen molar-refractivity contribution in [2.45, 2.75) is 6.92 Å². The molecule has 10 heavy (non-hydrogen) atoms. The van der Waals surface area contributed by atoms with Crippen molar-refractivity contribution in [1.29, 1.82) is 5.26 Å². The Morgan fingerprint density at radius 3 is 2.80 bits per heavy atom. The number of nitriles is 1. The summed E-state index contributed by atoms with van der Waals surface area (Å²) in [6.45, 7) is 2.06. The minimum absolute atomic E-state index is 0.360. The van der Waals surface area contributed by atoms with E-state index in [0.29, 0.717) is 6.61 Å². The van der Waals surface area contributed by atoms with Crippen LogP contribution in [0.2, 0.25) is 0 Å². The highest BCUT2D eigenvalue weighted by atomic mass is 16.5. The van der Waals surface area contributed by atoms with Crippen molar-refractivity contribution in [2.75, 3.05) is 6.61 Å². The third kappa shape index (κ3) is 2.72. The quantitative estimate of drug-likeness (QED) is 0.353. The molecule has 0 amide bonds. The van der Waals surface area contributed by atoms with E-state index < -0.39 is 5.97 Å². The first-order chi connectivity index (χ1) is 4.72. The summed E-state index contributed by atoms with van der Waals surface area (Å²) >= 11 is 0. The van der Waals surface area contributed by atoms with Crippen molar-refractivity contribution in [3.63, 3.8) is 0 Å². The van der Waals surface area contributed by atoms with E-state index in [1.54, 1.807) is 6.92 Å². The number of ether oxygens (including phenoxy) is 1. The molecule has 54 valence electrons. The van der Waals surface area contributed by atoms with Gasteiger partial charge in [0.1, 0.15) is 12.3 Å². The molecule has 0 spiro atoms. The molecule has 1 N–H and O–H groups in total. The lowest BCUT2D eigenvalue weighted by Crippen LogP contribution is -1.98. The maximum absolute atomic E-state index is 10.1. The van der Waals surface area contributed by atoms with Gasteiger partial charge in [0.2, 0.25) is 0 Å². The van der Waals surface area contributed by atoms with Crippen molar-refractivity contribution in [3.8, 4) is 6.07 Å². The van der Waals surface area contributed by atoms with Crippen LogP contribution in [0.3, 0.4) is 0 Å². The highest BCUT2D eigenvalue weighted by molar-refractivity contribution is 5.90. The van der Waals surface area contributed by atoms with E-state index >= 15 is 0 Å². The van der Waals surface area contributed by atoms with Crippen LogP contribution in [-0.2, 0) is 9.53 Å². The van der Waals surface area contributed by atoms with Crippen LogP contribution >= 0.6 is 0 Å². The minimum Gasteiger partial charge on any atom is -0.500 e. The van der Waals surface area contributed by atoms with Crippen LogP contribution in [-0.4, -0.2) is 17.7 Å². The standard InChI is InChI=1S/C6H7NO3/c1-2-10-4-5(3-7)6(8)9/h4H,2H2,1H3,(H,8,9)/b5-4+. The normalized spacial score (nSPS) is 10.2. The van der Waals surface area contributed by atoms with E-state index in [2.05, 4.69) is 4.74 Å².